The first-order valence-corrected chi connectivity index (χ1v) is 8.58. The predicted molar refractivity (Wildman–Crippen MR) is 93.0 cm³/mol. The van der Waals surface area contributed by atoms with Crippen LogP contribution in [0.2, 0.25) is 0 Å². The van der Waals surface area contributed by atoms with Crippen LogP contribution in [0.4, 0.5) is 0 Å². The Labute approximate surface area is 158 Å². The number of carbonyl (C=O) groups excluding carboxylic acids is 2. The van der Waals surface area contributed by atoms with Gasteiger partial charge < -0.3 is 10.5 Å². The molecule has 0 aliphatic carbocycles. The number of esters is 2. The molecule has 0 heterocycles. The van der Waals surface area contributed by atoms with E-state index in [0.717, 1.165) is 19.3 Å². The Morgan fingerprint density at radius 2 is 1.27 bits per heavy atom. The number of unbranched alkanes of at least 4 members (excludes halogenated alkanes) is 10. The maximum atomic E-state index is 11.3. The van der Waals surface area contributed by atoms with Crippen LogP contribution in [-0.4, -0.2) is 47.5 Å². The van der Waals surface area contributed by atoms with Crippen molar-refractivity contribution in [1.29, 1.82) is 0 Å². The van der Waals surface area contributed by atoms with Gasteiger partial charge in [-0.15, -0.1) is 0 Å². The zero-order chi connectivity index (χ0) is 15.9. The molecule has 0 amide bonds. The molecule has 22 heavy (non-hydrogen) atoms. The number of carbonyl (C=O) groups is 2. The van der Waals surface area contributed by atoms with Crippen molar-refractivity contribution in [3.05, 3.63) is 0 Å². The van der Waals surface area contributed by atoms with Crippen molar-refractivity contribution in [3.8, 4) is 0 Å². The number of ether oxygens (including phenoxy) is 1. The molecule has 0 aliphatic rings. The Kier molecular flexibility index (Phi) is 19.3. The third-order valence-corrected chi connectivity index (χ3v) is 3.57. The normalized spacial score (nSPS) is 11.6. The molecular weight excluding hydrogens is 289 g/mol. The third kappa shape index (κ3) is 16.5. The minimum absolute atomic E-state index is 0. The van der Waals surface area contributed by atoms with Gasteiger partial charge in [0.05, 0.1) is 0 Å². The summed E-state index contributed by atoms with van der Waals surface area (Å²) >= 11 is 0. The Balaban J connectivity index is 0. The van der Waals surface area contributed by atoms with Crippen LogP contribution in [0.25, 0.3) is 0 Å². The van der Waals surface area contributed by atoms with Gasteiger partial charge in [-0.2, -0.15) is 0 Å². The molecule has 0 radical (unpaired) electrons. The zero-order valence-corrected chi connectivity index (χ0v) is 13.9. The van der Waals surface area contributed by atoms with E-state index in [1.807, 2.05) is 0 Å². The van der Waals surface area contributed by atoms with Crippen molar-refractivity contribution in [2.75, 3.05) is 0 Å². The molecule has 2 N–H and O–H groups in total. The molecule has 0 fully saturated rings. The van der Waals surface area contributed by atoms with Crippen molar-refractivity contribution in [1.82, 2.24) is 0 Å². The van der Waals surface area contributed by atoms with Crippen molar-refractivity contribution < 1.29 is 14.3 Å². The molecule has 0 saturated heterocycles. The van der Waals surface area contributed by atoms with Crippen LogP contribution in [0.15, 0.2) is 0 Å². The van der Waals surface area contributed by atoms with E-state index in [0.29, 0.717) is 6.42 Å². The van der Waals surface area contributed by atoms with Gasteiger partial charge in [-0.05, 0) is 13.3 Å². The summed E-state index contributed by atoms with van der Waals surface area (Å²) in [7, 11) is 0. The minimum atomic E-state index is -0.730. The molecule has 0 rings (SSSR count). The molecule has 0 aliphatic heterocycles. The first kappa shape index (κ1) is 24.4. The van der Waals surface area contributed by atoms with E-state index < -0.39 is 18.0 Å². The third-order valence-electron chi connectivity index (χ3n) is 3.57. The van der Waals surface area contributed by atoms with E-state index in [-0.39, 0.29) is 29.6 Å². The van der Waals surface area contributed by atoms with Gasteiger partial charge in [0.2, 0.25) is 0 Å². The first-order valence-electron chi connectivity index (χ1n) is 8.58. The standard InChI is InChI=1S/C17H33NO3.Na.H/c1-3-4-5-6-7-8-9-10-11-12-13-14-16(19)21-17(20)15(2)18;;/h15H,3-14,18H2,1-2H3;;/t15-;;/m0../s1. The molecule has 0 unspecified atom stereocenters. The zero-order valence-electron chi connectivity index (χ0n) is 13.9. The average molecular weight is 323 g/mol. The van der Waals surface area contributed by atoms with Gasteiger partial charge in [0, 0.05) is 6.42 Å². The summed E-state index contributed by atoms with van der Waals surface area (Å²) in [6, 6.07) is -0.730. The van der Waals surface area contributed by atoms with Crippen LogP contribution in [0.5, 0.6) is 0 Å². The topological polar surface area (TPSA) is 69.4 Å². The van der Waals surface area contributed by atoms with Gasteiger partial charge in [0.1, 0.15) is 6.04 Å². The molecule has 0 aromatic rings. The Bertz CT molecular complexity index is 283. The second-order valence-corrected chi connectivity index (χ2v) is 5.87. The fraction of sp³-hybridized carbons (Fsp3) is 0.882. The van der Waals surface area contributed by atoms with Gasteiger partial charge in [0.15, 0.2) is 0 Å². The molecule has 4 nitrogen and oxygen atoms in total. The van der Waals surface area contributed by atoms with Crippen LogP contribution in [0.1, 0.15) is 90.9 Å². The Morgan fingerprint density at radius 3 is 1.68 bits per heavy atom. The molecule has 126 valence electrons. The van der Waals surface area contributed by atoms with Crippen molar-refractivity contribution in [2.45, 2.75) is 96.9 Å². The average Bonchev–Trinajstić information content (AvgIpc) is 2.44. The van der Waals surface area contributed by atoms with E-state index in [1.165, 1.54) is 58.3 Å². The van der Waals surface area contributed by atoms with Crippen molar-refractivity contribution in [3.63, 3.8) is 0 Å². The summed E-state index contributed by atoms with van der Waals surface area (Å²) < 4.78 is 4.60. The summed E-state index contributed by atoms with van der Waals surface area (Å²) in [5.74, 6) is -1.09. The number of hydrogen-bond acceptors (Lipinski definition) is 4. The van der Waals surface area contributed by atoms with E-state index in [1.54, 1.807) is 0 Å². The van der Waals surface area contributed by atoms with Crippen LogP contribution in [0, 0.1) is 0 Å². The van der Waals surface area contributed by atoms with Crippen LogP contribution < -0.4 is 5.73 Å². The van der Waals surface area contributed by atoms with E-state index in [2.05, 4.69) is 11.7 Å². The van der Waals surface area contributed by atoms with Crippen molar-refractivity contribution >= 4 is 41.5 Å². The first-order chi connectivity index (χ1) is 10.1. The number of nitrogens with two attached hydrogens (primary N) is 1. The molecule has 0 spiro atoms. The maximum absolute atomic E-state index is 11.3. The molecule has 0 aromatic heterocycles. The van der Waals surface area contributed by atoms with E-state index >= 15 is 0 Å². The van der Waals surface area contributed by atoms with Gasteiger partial charge in [-0.3, -0.25) is 4.79 Å². The summed E-state index contributed by atoms with van der Waals surface area (Å²) in [5, 5.41) is 0. The molecule has 1 atom stereocenters. The summed E-state index contributed by atoms with van der Waals surface area (Å²) in [6.07, 6.45) is 13.9. The van der Waals surface area contributed by atoms with Crippen molar-refractivity contribution in [2.24, 2.45) is 5.73 Å². The Morgan fingerprint density at radius 1 is 0.864 bits per heavy atom. The number of hydrogen-bond donors (Lipinski definition) is 1. The fourth-order valence-electron chi connectivity index (χ4n) is 2.19. The SMILES string of the molecule is CCCCCCCCCCCCCC(=O)OC(=O)[C@H](C)N.[NaH]. The Hall–Kier alpha value is 0.1000. The van der Waals surface area contributed by atoms with Crippen LogP contribution >= 0.6 is 0 Å². The quantitative estimate of drug-likeness (QED) is 0.244. The fourth-order valence-corrected chi connectivity index (χ4v) is 2.19. The summed E-state index contributed by atoms with van der Waals surface area (Å²) in [5.41, 5.74) is 5.32. The monoisotopic (exact) mass is 323 g/mol. The second-order valence-electron chi connectivity index (χ2n) is 5.87. The van der Waals surface area contributed by atoms with Gasteiger partial charge in [-0.1, -0.05) is 71.1 Å². The predicted octanol–water partition coefficient (Wildman–Crippen LogP) is 3.46. The summed E-state index contributed by atoms with van der Waals surface area (Å²) in [4.78, 5) is 22.4. The molecule has 5 heteroatoms. The van der Waals surface area contributed by atoms with E-state index in [9.17, 15) is 9.59 Å². The molecular formula is C17H34NNaO3. The molecule has 0 saturated carbocycles. The van der Waals surface area contributed by atoms with E-state index in [4.69, 9.17) is 5.73 Å². The summed E-state index contributed by atoms with van der Waals surface area (Å²) in [6.45, 7) is 3.75. The van der Waals surface area contributed by atoms with Gasteiger partial charge in [0.25, 0.3) is 0 Å². The van der Waals surface area contributed by atoms with Gasteiger partial charge in [-0.25, -0.2) is 4.79 Å². The molecule has 0 bridgehead atoms. The molecule has 0 aromatic carbocycles. The second kappa shape index (κ2) is 17.5. The van der Waals surface area contributed by atoms with Crippen LogP contribution in [-0.2, 0) is 14.3 Å². The van der Waals surface area contributed by atoms with Gasteiger partial charge >= 0.3 is 41.5 Å². The van der Waals surface area contributed by atoms with Crippen LogP contribution in [0.3, 0.4) is 0 Å². The number of rotatable bonds is 13.